The van der Waals surface area contributed by atoms with E-state index in [9.17, 15) is 18.9 Å². The highest BCUT2D eigenvalue weighted by Crippen LogP contribution is 2.38. The Morgan fingerprint density at radius 2 is 2.07 bits per heavy atom. The van der Waals surface area contributed by atoms with Crippen molar-refractivity contribution >= 4 is 31.1 Å². The lowest BCUT2D eigenvalue weighted by Crippen LogP contribution is -2.32. The van der Waals surface area contributed by atoms with Crippen LogP contribution in [-0.2, 0) is 13.8 Å². The highest BCUT2D eigenvalue weighted by Gasteiger charge is 2.48. The summed E-state index contributed by atoms with van der Waals surface area (Å²) in [5, 5.41) is 12.0. The van der Waals surface area contributed by atoms with Crippen LogP contribution in [0.4, 0.5) is 10.2 Å². The van der Waals surface area contributed by atoms with Crippen LogP contribution < -0.4 is 5.32 Å². The molecule has 0 aliphatic carbocycles. The SMILES string of the molecule is O=C(Nc1ncnc2c1ncn2[C@@H]1O[C@H](CO)C(O[PH](=O)O)[C@H]1F)c1ccccc1. The van der Waals surface area contributed by atoms with Crippen molar-refractivity contribution in [1.29, 1.82) is 0 Å². The number of nitrogens with one attached hydrogen (secondary N) is 1. The fourth-order valence-electron chi connectivity index (χ4n) is 3.22. The summed E-state index contributed by atoms with van der Waals surface area (Å²) in [6.45, 7) is -0.614. The molecule has 3 N–H and O–H groups in total. The monoisotopic (exact) mass is 437 g/mol. The van der Waals surface area contributed by atoms with E-state index in [1.165, 1.54) is 17.2 Å². The maximum atomic E-state index is 14.9. The maximum Gasteiger partial charge on any atom is 0.317 e. The van der Waals surface area contributed by atoms with Gasteiger partial charge in [0.15, 0.2) is 29.4 Å². The normalized spacial score (nSPS) is 24.8. The fraction of sp³-hybridized carbons (Fsp3) is 0.294. The summed E-state index contributed by atoms with van der Waals surface area (Å²) in [7, 11) is -3.45. The summed E-state index contributed by atoms with van der Waals surface area (Å²) in [5.74, 6) is -0.291. The average molecular weight is 437 g/mol. The highest BCUT2D eigenvalue weighted by molar-refractivity contribution is 7.32. The Kier molecular flexibility index (Phi) is 5.84. The lowest BCUT2D eigenvalue weighted by atomic mass is 10.1. The number of anilines is 1. The minimum absolute atomic E-state index is 0.118. The van der Waals surface area contributed by atoms with Gasteiger partial charge < -0.3 is 24.6 Å². The first-order valence-electron chi connectivity index (χ1n) is 8.83. The first-order chi connectivity index (χ1) is 14.5. The molecule has 158 valence electrons. The van der Waals surface area contributed by atoms with Crippen LogP contribution in [0.3, 0.4) is 0 Å². The van der Waals surface area contributed by atoms with Crippen molar-refractivity contribution in [3.8, 4) is 0 Å². The number of hydrogen-bond acceptors (Lipinski definition) is 8. The van der Waals surface area contributed by atoms with Crippen molar-refractivity contribution in [3.63, 3.8) is 0 Å². The predicted molar refractivity (Wildman–Crippen MR) is 102 cm³/mol. The van der Waals surface area contributed by atoms with Gasteiger partial charge in [-0.15, -0.1) is 0 Å². The molecular weight excluding hydrogens is 420 g/mol. The van der Waals surface area contributed by atoms with Gasteiger partial charge in [0, 0.05) is 5.56 Å². The number of rotatable bonds is 6. The first-order valence-corrected chi connectivity index (χ1v) is 10.1. The van der Waals surface area contributed by atoms with Crippen LogP contribution >= 0.6 is 8.25 Å². The average Bonchev–Trinajstić information content (AvgIpc) is 3.30. The Morgan fingerprint density at radius 3 is 2.77 bits per heavy atom. The van der Waals surface area contributed by atoms with Gasteiger partial charge in [0.25, 0.3) is 5.91 Å². The molecular formula is C17H17FN5O6P. The van der Waals surface area contributed by atoms with Crippen LogP contribution in [0, 0.1) is 0 Å². The number of nitrogens with zero attached hydrogens (tertiary/aromatic N) is 4. The van der Waals surface area contributed by atoms with Gasteiger partial charge >= 0.3 is 8.25 Å². The number of aliphatic hydroxyl groups excluding tert-OH is 1. The molecule has 1 fully saturated rings. The fourth-order valence-corrected chi connectivity index (χ4v) is 3.74. The van der Waals surface area contributed by atoms with Gasteiger partial charge in [-0.05, 0) is 12.1 Å². The molecule has 0 spiro atoms. The molecule has 3 heterocycles. The van der Waals surface area contributed by atoms with Crippen LogP contribution in [0.25, 0.3) is 11.2 Å². The Morgan fingerprint density at radius 1 is 1.30 bits per heavy atom. The molecule has 5 atom stereocenters. The zero-order valence-corrected chi connectivity index (χ0v) is 16.3. The standard InChI is InChI=1S/C17H17FN5O6P/c18-11-13(29-30(26)27)10(6-24)28-17(11)23-8-21-12-14(19-7-20-15(12)23)22-16(25)9-4-2-1-3-5-9/h1-5,7-8,10-11,13,17,24,30H,6H2,(H,26,27)(H,19,20,22,25)/t10-,11-,13?,17-/m1/s1. The number of aliphatic hydroxyl groups is 1. The van der Waals surface area contributed by atoms with Crippen molar-refractivity contribution in [2.75, 3.05) is 11.9 Å². The minimum atomic E-state index is -3.45. The Labute approximate surface area is 169 Å². The number of imidazole rings is 1. The van der Waals surface area contributed by atoms with E-state index in [-0.39, 0.29) is 17.0 Å². The van der Waals surface area contributed by atoms with Gasteiger partial charge in [-0.3, -0.25) is 13.9 Å². The van der Waals surface area contributed by atoms with Crippen molar-refractivity contribution < 1.29 is 33.0 Å². The number of fused-ring (bicyclic) bond motifs is 1. The third-order valence-corrected chi connectivity index (χ3v) is 5.06. The van der Waals surface area contributed by atoms with Gasteiger partial charge in [-0.2, -0.15) is 0 Å². The summed E-state index contributed by atoms with van der Waals surface area (Å²) in [6.07, 6.45) is -3.36. The molecule has 2 unspecified atom stereocenters. The minimum Gasteiger partial charge on any atom is -0.394 e. The van der Waals surface area contributed by atoms with E-state index in [1.54, 1.807) is 30.3 Å². The molecule has 1 amide bonds. The van der Waals surface area contributed by atoms with Gasteiger partial charge in [-0.1, -0.05) is 18.2 Å². The van der Waals surface area contributed by atoms with Gasteiger partial charge in [-0.25, -0.2) is 19.3 Å². The summed E-state index contributed by atoms with van der Waals surface area (Å²) in [5.41, 5.74) is 0.768. The molecule has 1 aromatic carbocycles. The van der Waals surface area contributed by atoms with E-state index < -0.39 is 45.4 Å². The molecule has 2 aromatic heterocycles. The number of amides is 1. The van der Waals surface area contributed by atoms with Gasteiger partial charge in [0.05, 0.1) is 12.9 Å². The molecule has 13 heteroatoms. The van der Waals surface area contributed by atoms with Gasteiger partial charge in [0.2, 0.25) is 0 Å². The summed E-state index contributed by atoms with van der Waals surface area (Å²) >= 11 is 0. The third kappa shape index (κ3) is 3.83. The zero-order valence-electron chi connectivity index (χ0n) is 15.3. The molecule has 30 heavy (non-hydrogen) atoms. The second-order valence-electron chi connectivity index (χ2n) is 6.41. The first kappa shape index (κ1) is 20.5. The smallest absolute Gasteiger partial charge is 0.317 e. The zero-order chi connectivity index (χ0) is 21.3. The largest absolute Gasteiger partial charge is 0.394 e. The van der Waals surface area contributed by atoms with Crippen LogP contribution in [0.2, 0.25) is 0 Å². The number of alkyl halides is 1. The van der Waals surface area contributed by atoms with Crippen molar-refractivity contribution in [2.45, 2.75) is 24.6 Å². The molecule has 11 nitrogen and oxygen atoms in total. The second-order valence-corrected chi connectivity index (χ2v) is 7.17. The van der Waals surface area contributed by atoms with Crippen molar-refractivity contribution in [3.05, 3.63) is 48.5 Å². The molecule has 0 radical (unpaired) electrons. The maximum absolute atomic E-state index is 14.9. The molecule has 0 bridgehead atoms. The highest BCUT2D eigenvalue weighted by atomic mass is 31.1. The van der Waals surface area contributed by atoms with E-state index in [0.29, 0.717) is 5.56 Å². The van der Waals surface area contributed by atoms with E-state index in [0.717, 1.165) is 0 Å². The predicted octanol–water partition coefficient (Wildman–Crippen LogP) is 1.07. The number of benzene rings is 1. The lowest BCUT2D eigenvalue weighted by molar-refractivity contribution is -0.0436. The Balaban J connectivity index is 1.63. The number of halogens is 1. The van der Waals surface area contributed by atoms with Crippen LogP contribution in [-0.4, -0.2) is 60.4 Å². The van der Waals surface area contributed by atoms with Crippen LogP contribution in [0.5, 0.6) is 0 Å². The number of carbonyl (C=O) groups excluding carboxylic acids is 1. The lowest BCUT2D eigenvalue weighted by Gasteiger charge is -2.16. The number of hydrogen-bond donors (Lipinski definition) is 3. The summed E-state index contributed by atoms with van der Waals surface area (Å²) in [6, 6.07) is 8.48. The molecule has 0 saturated carbocycles. The van der Waals surface area contributed by atoms with Crippen molar-refractivity contribution in [2.24, 2.45) is 0 Å². The van der Waals surface area contributed by atoms with Crippen LogP contribution in [0.15, 0.2) is 43.0 Å². The van der Waals surface area contributed by atoms with Crippen LogP contribution in [0.1, 0.15) is 16.6 Å². The number of aromatic nitrogens is 4. The third-order valence-electron chi connectivity index (χ3n) is 4.58. The van der Waals surface area contributed by atoms with E-state index in [4.69, 9.17) is 14.2 Å². The summed E-state index contributed by atoms with van der Waals surface area (Å²) in [4.78, 5) is 33.7. The quantitative estimate of drug-likeness (QED) is 0.482. The molecule has 1 saturated heterocycles. The topological polar surface area (TPSA) is 149 Å². The van der Waals surface area contributed by atoms with E-state index >= 15 is 0 Å². The van der Waals surface area contributed by atoms with Crippen molar-refractivity contribution in [1.82, 2.24) is 19.5 Å². The second kappa shape index (κ2) is 8.54. The van der Waals surface area contributed by atoms with E-state index in [2.05, 4.69) is 20.3 Å². The Hall–Kier alpha value is -2.76. The number of carbonyl (C=O) groups is 1. The molecule has 1 aliphatic heterocycles. The van der Waals surface area contributed by atoms with E-state index in [1.807, 2.05) is 0 Å². The molecule has 1 aliphatic rings. The summed E-state index contributed by atoms with van der Waals surface area (Å²) < 4.78 is 37.4. The van der Waals surface area contributed by atoms with Gasteiger partial charge in [0.1, 0.15) is 18.5 Å². The molecule has 3 aromatic rings. The number of ether oxygens (including phenoxy) is 1. The Bertz CT molecular complexity index is 1080. The molecule has 4 rings (SSSR count).